The number of hydrogen-bond donors (Lipinski definition) is 0. The molecule has 0 unspecified atom stereocenters. The van der Waals surface area contributed by atoms with E-state index in [-0.39, 0.29) is 0 Å². The number of fused-ring (bicyclic) bond motifs is 6. The zero-order valence-corrected chi connectivity index (χ0v) is 94.9. The van der Waals surface area contributed by atoms with Gasteiger partial charge in [-0.05, 0) is 104 Å². The fourth-order valence-corrected chi connectivity index (χ4v) is 18.6. The third-order valence-electron chi connectivity index (χ3n) is 25.0. The molecule has 759 valence electrons. The van der Waals surface area contributed by atoms with Crippen molar-refractivity contribution in [2.24, 2.45) is 42.3 Å². The van der Waals surface area contributed by atoms with E-state index in [1.165, 1.54) is 0 Å². The molecule has 0 saturated heterocycles. The summed E-state index contributed by atoms with van der Waals surface area (Å²) in [5.41, 5.74) is 36.4. The molecule has 38 heteroatoms. The second-order valence-electron chi connectivity index (χ2n) is 34.4. The van der Waals surface area contributed by atoms with Crippen LogP contribution < -0.4 is 27.4 Å². The molecule has 0 fully saturated rings. The SMILES string of the molecule is Cc1nn(-c2ccccc2)c(C)c1-c1cc(-n2[c-][n+](C)c3ccccc32)[c-]c(-n2[c-][n+](C)c3ccccc32)c1.Cc1nn(-c2ccccc2)c(C)c1-c1cc(-n2[c-][n+](C)c3nccnc32)[c-]c(-n2[c-][n+](C)c3nccnc32)c1.Cc1nn(-c2ccccc2)c(C)c1-c1cc(-n2[c-][n+](C)c3nccnc32)[c-]c(-n2[c-][n+](C)c3nccnc32)c1.Cc1noc(C)c1-c1cc(-c2ccccn2)[c-]c(-c2ccccn2)c1.[Cl][Pt+].[Cl][Pt].[Cl][Pt].[Cl][Pt]. The molecular weight excluding hydrogens is 2690 g/mol. The average Bonchev–Trinajstić information content (AvgIpc) is 1.62. The summed E-state index contributed by atoms with van der Waals surface area (Å²) in [6.45, 7) is 16.3. The molecule has 0 aliphatic rings. The molecule has 16 heterocycles. The van der Waals surface area contributed by atoms with E-state index in [0.717, 1.165) is 208 Å². The summed E-state index contributed by atoms with van der Waals surface area (Å²) in [6, 6.07) is 90.0. The molecule has 9 aromatic carbocycles. The molecule has 25 rings (SSSR count). The molecule has 0 saturated carbocycles. The quantitative estimate of drug-likeness (QED) is 0.0682. The molecule has 25 aromatic rings. The number of hydrogen-bond acceptors (Lipinski definition) is 15. The Bertz CT molecular complexity index is 8090. The summed E-state index contributed by atoms with van der Waals surface area (Å²) in [4.78, 5) is 45.2. The number of para-hydroxylation sites is 7. The summed E-state index contributed by atoms with van der Waals surface area (Å²) in [5, 5.41) is 18.8. The summed E-state index contributed by atoms with van der Waals surface area (Å²) < 4.78 is 34.4. The van der Waals surface area contributed by atoms with Crippen LogP contribution in [0.2, 0.25) is 0 Å². The normalized spacial score (nSPS) is 11.0. The predicted octanol–water partition coefficient (Wildman–Crippen LogP) is 18.1. The average molecular weight is 2780 g/mol. The van der Waals surface area contributed by atoms with Crippen LogP contribution in [0, 0.1) is 118 Å². The van der Waals surface area contributed by atoms with Gasteiger partial charge in [0.05, 0.1) is 101 Å². The molecule has 0 aliphatic heterocycles. The standard InChI is InChI=1S/C33H27N6.2C29H23N10.C21H16N3O.4ClH.4Pt/c1-23-33(24(2)39(34-23)26-12-6-5-7-13-26)25-18-27(37-21-35(3)29-14-8-10-16-31(29)37)20-28(19-25)38-22-36(4)30-15-9-11-17-32(30)38;2*1-19-25(20(2)39(34-19)22-8-6-5-7-9-22)21-14-23(37-17-35(3)26-28(37)32-12-10-30-26)16-24(15-21)38-18-36(4)27-29(38)33-13-11-31-27;1-14-21(15(2)25-24-14)18-12-16(19-7-3-5-9-22-19)11-17(13-18)20-8-4-6-10-23-20;;;;;;;;/h5-19H,1-4H3;2*5-15H,1-4H3;3-10,12-13H,1-2H3;4*1H;;;;/q4*-1;;;;;3*+1;+2/p-4. The third kappa shape index (κ3) is 21.1. The van der Waals surface area contributed by atoms with Crippen LogP contribution in [0.1, 0.15) is 45.6 Å². The molecule has 0 N–H and O–H groups in total. The van der Waals surface area contributed by atoms with Gasteiger partial charge in [0.1, 0.15) is 53.1 Å². The van der Waals surface area contributed by atoms with Crippen LogP contribution >= 0.6 is 37.7 Å². The Kier molecular flexibility index (Phi) is 32.9. The van der Waals surface area contributed by atoms with E-state index in [1.807, 2.05) is 221 Å². The van der Waals surface area contributed by atoms with E-state index in [4.69, 9.17) is 19.8 Å². The van der Waals surface area contributed by atoms with Crippen molar-refractivity contribution in [1.82, 2.24) is 112 Å². The van der Waals surface area contributed by atoms with Gasteiger partial charge in [-0.2, -0.15) is 77.7 Å². The molecule has 0 aliphatic carbocycles. The number of aromatic nitrogens is 29. The summed E-state index contributed by atoms with van der Waals surface area (Å²) >= 11 is 6.44. The molecule has 16 aromatic heterocycles. The van der Waals surface area contributed by atoms with Crippen molar-refractivity contribution in [2.45, 2.75) is 55.4 Å². The minimum atomic E-state index is 0.680. The number of aryl methyl sites for hydroxylation is 11. The first-order valence-electron chi connectivity index (χ1n) is 46.3. The molecule has 30 nitrogen and oxygen atoms in total. The summed E-state index contributed by atoms with van der Waals surface area (Å²) in [6.07, 6.45) is 37.3. The molecule has 0 atom stereocenters. The molecule has 0 amide bonds. The molecule has 0 radical (unpaired) electrons. The van der Waals surface area contributed by atoms with Gasteiger partial charge in [0.25, 0.3) is 0 Å². The number of nitrogens with zero attached hydrogens (tertiary/aromatic N) is 29. The fraction of sp³-hybridized carbons (Fsp3) is 0.125. The van der Waals surface area contributed by atoms with Crippen molar-refractivity contribution >= 4 is 105 Å². The van der Waals surface area contributed by atoms with Crippen molar-refractivity contribution < 1.29 is 107 Å². The summed E-state index contributed by atoms with van der Waals surface area (Å²) in [7, 11) is 30.1. The molecule has 0 bridgehead atoms. The van der Waals surface area contributed by atoms with Crippen LogP contribution in [-0.2, 0) is 117 Å². The minimum absolute atomic E-state index is 0.680. The van der Waals surface area contributed by atoms with Crippen molar-refractivity contribution in [3.63, 3.8) is 0 Å². The third-order valence-corrected chi connectivity index (χ3v) is 25.0. The predicted molar refractivity (Wildman–Crippen MR) is 555 cm³/mol. The zero-order chi connectivity index (χ0) is 105. The van der Waals surface area contributed by atoms with Gasteiger partial charge in [-0.25, -0.2) is 26.2 Å². The number of imidazole rings is 6. The zero-order valence-electron chi connectivity index (χ0n) is 82.8. The van der Waals surface area contributed by atoms with Gasteiger partial charge in [0, 0.05) is 91.3 Å². The Labute approximate surface area is 925 Å². The number of halogens is 4. The Morgan fingerprint density at radius 3 is 0.827 bits per heavy atom. The van der Waals surface area contributed by atoms with Crippen molar-refractivity contribution in [3.8, 4) is 118 Å². The van der Waals surface area contributed by atoms with Crippen LogP contribution in [0.4, 0.5) is 0 Å². The monoisotopic (exact) mass is 2780 g/mol. The van der Waals surface area contributed by atoms with Gasteiger partial charge < -0.3 is 59.3 Å². The van der Waals surface area contributed by atoms with Gasteiger partial charge in [0.15, 0.2) is 25.3 Å². The van der Waals surface area contributed by atoms with Crippen LogP contribution in [0.15, 0.2) is 291 Å². The molecular formula is C112H89Cl4N29OPt4-3. The number of benzene rings is 9. The topological polar surface area (TPSA) is 261 Å². The summed E-state index contributed by atoms with van der Waals surface area (Å²) in [5.74, 6) is 0.794. The van der Waals surface area contributed by atoms with Crippen LogP contribution in [0.25, 0.3) is 185 Å². The Balaban J connectivity index is 0.000000129. The second-order valence-corrected chi connectivity index (χ2v) is 34.4. The van der Waals surface area contributed by atoms with E-state index in [1.54, 1.807) is 137 Å². The van der Waals surface area contributed by atoms with Crippen LogP contribution in [-0.4, -0.2) is 112 Å². The Hall–Kier alpha value is -14.8. The maximum absolute atomic E-state index is 5.35. The van der Waals surface area contributed by atoms with Crippen molar-refractivity contribution in [3.05, 3.63) is 394 Å². The van der Waals surface area contributed by atoms with Gasteiger partial charge in [-0.15, -0.1) is 34.9 Å². The fourth-order valence-electron chi connectivity index (χ4n) is 18.6. The first-order chi connectivity index (χ1) is 73.2. The molecule has 150 heavy (non-hydrogen) atoms. The van der Waals surface area contributed by atoms with Gasteiger partial charge in [-0.1, -0.05) is 183 Å². The first kappa shape index (κ1) is 105. The van der Waals surface area contributed by atoms with Gasteiger partial charge in [-0.3, -0.25) is 29.9 Å². The molecule has 0 spiro atoms. The maximum atomic E-state index is 5.35. The Morgan fingerprint density at radius 1 is 0.273 bits per heavy atom. The van der Waals surface area contributed by atoms with E-state index in [2.05, 4.69) is 325 Å². The van der Waals surface area contributed by atoms with Crippen LogP contribution in [0.3, 0.4) is 0 Å². The van der Waals surface area contributed by atoms with Gasteiger partial charge in [0.2, 0.25) is 35.2 Å². The first-order valence-corrected chi connectivity index (χ1v) is 57.6. The van der Waals surface area contributed by atoms with E-state index in [9.17, 15) is 0 Å². The number of rotatable bonds is 15. The van der Waals surface area contributed by atoms with E-state index >= 15 is 0 Å². The van der Waals surface area contributed by atoms with Gasteiger partial charge >= 0.3 is 113 Å². The van der Waals surface area contributed by atoms with Crippen molar-refractivity contribution in [1.29, 1.82) is 0 Å². The van der Waals surface area contributed by atoms with E-state index in [0.29, 0.717) is 22.6 Å². The van der Waals surface area contributed by atoms with Crippen molar-refractivity contribution in [2.75, 3.05) is 0 Å². The number of pyridine rings is 2. The second kappa shape index (κ2) is 46.9. The van der Waals surface area contributed by atoms with E-state index < -0.39 is 0 Å². The Morgan fingerprint density at radius 2 is 0.540 bits per heavy atom. The van der Waals surface area contributed by atoms with Crippen LogP contribution in [0.5, 0.6) is 0 Å².